The largest absolute Gasteiger partial charge is 0.301 e. The maximum atomic E-state index is 9.04. The predicted octanol–water partition coefficient (Wildman–Crippen LogP) is 2.02. The van der Waals surface area contributed by atoms with Gasteiger partial charge in [-0.1, -0.05) is 6.42 Å². The Morgan fingerprint density at radius 1 is 1.21 bits per heavy atom. The highest BCUT2D eigenvalue weighted by Crippen LogP contribution is 2.47. The summed E-state index contributed by atoms with van der Waals surface area (Å²) in [6.45, 7) is 3.64. The van der Waals surface area contributed by atoms with Crippen LogP contribution in [0.3, 0.4) is 0 Å². The molecule has 0 radical (unpaired) electrons. The molecule has 0 amide bonds. The van der Waals surface area contributed by atoms with Gasteiger partial charge in [-0.2, -0.15) is 5.26 Å². The molecule has 14 heavy (non-hydrogen) atoms. The normalized spacial score (nSPS) is 39.4. The molecule has 2 aliphatic carbocycles. The Bertz CT molecular complexity index is 263. The van der Waals surface area contributed by atoms with Crippen molar-refractivity contribution < 1.29 is 0 Å². The average molecular weight is 190 g/mol. The summed E-state index contributed by atoms with van der Waals surface area (Å²) in [5.74, 6) is 1.95. The van der Waals surface area contributed by atoms with Crippen LogP contribution in [0.2, 0.25) is 0 Å². The lowest BCUT2D eigenvalue weighted by atomic mass is 10.0. The van der Waals surface area contributed by atoms with E-state index in [1.807, 2.05) is 0 Å². The second-order valence-electron chi connectivity index (χ2n) is 5.54. The van der Waals surface area contributed by atoms with Crippen molar-refractivity contribution in [1.29, 1.82) is 5.26 Å². The van der Waals surface area contributed by atoms with E-state index < -0.39 is 0 Å². The van der Waals surface area contributed by atoms with Crippen LogP contribution < -0.4 is 0 Å². The average Bonchev–Trinajstić information content (AvgIpc) is 2.62. The van der Waals surface area contributed by atoms with Crippen molar-refractivity contribution in [3.8, 4) is 6.07 Å². The molecule has 0 N–H and O–H groups in total. The van der Waals surface area contributed by atoms with Crippen LogP contribution in [0.4, 0.5) is 0 Å². The fourth-order valence-corrected chi connectivity index (χ4v) is 3.35. The first-order chi connectivity index (χ1) is 6.81. The van der Waals surface area contributed by atoms with E-state index in [1.54, 1.807) is 0 Å². The van der Waals surface area contributed by atoms with Crippen molar-refractivity contribution in [3.63, 3.8) is 0 Å². The topological polar surface area (TPSA) is 27.0 Å². The van der Waals surface area contributed by atoms with Crippen molar-refractivity contribution in [1.82, 2.24) is 4.90 Å². The van der Waals surface area contributed by atoms with Gasteiger partial charge in [-0.25, -0.2) is 0 Å². The second-order valence-corrected chi connectivity index (χ2v) is 5.54. The molecule has 2 atom stereocenters. The minimum atomic E-state index is 0.0820. The molecular weight excluding hydrogens is 172 g/mol. The Labute approximate surface area is 85.9 Å². The van der Waals surface area contributed by atoms with E-state index in [9.17, 15) is 0 Å². The van der Waals surface area contributed by atoms with Crippen LogP contribution in [-0.2, 0) is 0 Å². The molecule has 0 aromatic carbocycles. The van der Waals surface area contributed by atoms with Gasteiger partial charge in [0.15, 0.2) is 0 Å². The molecule has 76 valence electrons. The van der Waals surface area contributed by atoms with E-state index >= 15 is 0 Å². The number of hydrogen-bond acceptors (Lipinski definition) is 2. The molecule has 0 bridgehead atoms. The lowest BCUT2D eigenvalue weighted by Gasteiger charge is -2.19. The van der Waals surface area contributed by atoms with E-state index in [-0.39, 0.29) is 5.41 Å². The SMILES string of the molecule is N#CC1(CN2CC3CCCC3C2)CC1. The van der Waals surface area contributed by atoms with E-state index in [0.717, 1.165) is 31.2 Å². The van der Waals surface area contributed by atoms with Gasteiger partial charge in [0.1, 0.15) is 0 Å². The Hall–Kier alpha value is -0.550. The van der Waals surface area contributed by atoms with Gasteiger partial charge < -0.3 is 4.90 Å². The summed E-state index contributed by atoms with van der Waals surface area (Å²) in [5.41, 5.74) is 0.0820. The molecular formula is C12H18N2. The van der Waals surface area contributed by atoms with E-state index in [1.165, 1.54) is 32.4 Å². The standard InChI is InChI=1S/C12H18N2/c13-8-12(4-5-12)9-14-6-10-2-1-3-11(10)7-14/h10-11H,1-7,9H2. The molecule has 2 saturated carbocycles. The number of likely N-dealkylation sites (tertiary alicyclic amines) is 1. The molecule has 3 rings (SSSR count). The van der Waals surface area contributed by atoms with Gasteiger partial charge in [0.05, 0.1) is 11.5 Å². The fourth-order valence-electron chi connectivity index (χ4n) is 3.35. The van der Waals surface area contributed by atoms with Crippen LogP contribution in [0.5, 0.6) is 0 Å². The zero-order chi connectivity index (χ0) is 9.60. The van der Waals surface area contributed by atoms with Crippen molar-refractivity contribution in [2.45, 2.75) is 32.1 Å². The predicted molar refractivity (Wildman–Crippen MR) is 54.6 cm³/mol. The molecule has 1 heterocycles. The summed E-state index contributed by atoms with van der Waals surface area (Å²) in [6, 6.07) is 2.50. The zero-order valence-corrected chi connectivity index (χ0v) is 8.71. The van der Waals surface area contributed by atoms with Crippen molar-refractivity contribution in [2.75, 3.05) is 19.6 Å². The Morgan fingerprint density at radius 2 is 1.86 bits per heavy atom. The summed E-state index contributed by atoms with van der Waals surface area (Å²) in [7, 11) is 0. The van der Waals surface area contributed by atoms with E-state index in [2.05, 4.69) is 11.0 Å². The summed E-state index contributed by atoms with van der Waals surface area (Å²) < 4.78 is 0. The molecule has 2 heteroatoms. The number of hydrogen-bond donors (Lipinski definition) is 0. The third-order valence-corrected chi connectivity index (χ3v) is 4.42. The van der Waals surface area contributed by atoms with Gasteiger partial charge in [-0.3, -0.25) is 0 Å². The third-order valence-electron chi connectivity index (χ3n) is 4.42. The maximum absolute atomic E-state index is 9.04. The van der Waals surface area contributed by atoms with Gasteiger partial charge in [-0.15, -0.1) is 0 Å². The fraction of sp³-hybridized carbons (Fsp3) is 0.917. The molecule has 0 aromatic heterocycles. The van der Waals surface area contributed by atoms with Crippen LogP contribution >= 0.6 is 0 Å². The monoisotopic (exact) mass is 190 g/mol. The molecule has 3 fully saturated rings. The number of nitrogens with zero attached hydrogens (tertiary/aromatic N) is 2. The Morgan fingerprint density at radius 3 is 2.36 bits per heavy atom. The van der Waals surface area contributed by atoms with Gasteiger partial charge in [0, 0.05) is 19.6 Å². The minimum Gasteiger partial charge on any atom is -0.301 e. The molecule has 2 nitrogen and oxygen atoms in total. The summed E-state index contributed by atoms with van der Waals surface area (Å²) in [5, 5.41) is 9.04. The second kappa shape index (κ2) is 2.97. The highest BCUT2D eigenvalue weighted by molar-refractivity contribution is 5.12. The molecule has 1 aliphatic heterocycles. The van der Waals surface area contributed by atoms with Crippen molar-refractivity contribution in [3.05, 3.63) is 0 Å². The van der Waals surface area contributed by atoms with Gasteiger partial charge in [-0.05, 0) is 37.5 Å². The summed E-state index contributed by atoms with van der Waals surface area (Å²) >= 11 is 0. The first-order valence-electron chi connectivity index (χ1n) is 5.95. The maximum Gasteiger partial charge on any atom is 0.0703 e. The number of rotatable bonds is 2. The first-order valence-corrected chi connectivity index (χ1v) is 5.95. The highest BCUT2D eigenvalue weighted by Gasteiger charge is 2.47. The molecule has 0 spiro atoms. The number of nitriles is 1. The van der Waals surface area contributed by atoms with Crippen LogP contribution in [0.15, 0.2) is 0 Å². The summed E-state index contributed by atoms with van der Waals surface area (Å²) in [4.78, 5) is 2.56. The highest BCUT2D eigenvalue weighted by atomic mass is 15.2. The van der Waals surface area contributed by atoms with E-state index in [0.29, 0.717) is 0 Å². The van der Waals surface area contributed by atoms with Crippen LogP contribution in [0.1, 0.15) is 32.1 Å². The van der Waals surface area contributed by atoms with Crippen molar-refractivity contribution >= 4 is 0 Å². The van der Waals surface area contributed by atoms with Gasteiger partial charge >= 0.3 is 0 Å². The number of fused-ring (bicyclic) bond motifs is 1. The minimum absolute atomic E-state index is 0.0820. The van der Waals surface area contributed by atoms with Crippen LogP contribution in [0.25, 0.3) is 0 Å². The smallest absolute Gasteiger partial charge is 0.0703 e. The van der Waals surface area contributed by atoms with E-state index in [4.69, 9.17) is 5.26 Å². The first kappa shape index (κ1) is 8.73. The van der Waals surface area contributed by atoms with Gasteiger partial charge in [0.25, 0.3) is 0 Å². The Kier molecular flexibility index (Phi) is 1.85. The molecule has 2 unspecified atom stereocenters. The third kappa shape index (κ3) is 1.35. The molecule has 1 saturated heterocycles. The van der Waals surface area contributed by atoms with Crippen LogP contribution in [0, 0.1) is 28.6 Å². The molecule has 3 aliphatic rings. The Balaban J connectivity index is 1.59. The van der Waals surface area contributed by atoms with Gasteiger partial charge in [0.2, 0.25) is 0 Å². The zero-order valence-electron chi connectivity index (χ0n) is 8.71. The quantitative estimate of drug-likeness (QED) is 0.666. The molecule has 0 aromatic rings. The lowest BCUT2D eigenvalue weighted by molar-refractivity contribution is 0.275. The summed E-state index contributed by atoms with van der Waals surface area (Å²) in [6.07, 6.45) is 6.64. The van der Waals surface area contributed by atoms with Crippen molar-refractivity contribution in [2.24, 2.45) is 17.3 Å². The lowest BCUT2D eigenvalue weighted by Crippen LogP contribution is -2.28. The van der Waals surface area contributed by atoms with Crippen LogP contribution in [-0.4, -0.2) is 24.5 Å².